The van der Waals surface area contributed by atoms with Crippen LogP contribution in [0.5, 0.6) is 0 Å². The minimum Gasteiger partial charge on any atom is -0.369 e. The van der Waals surface area contributed by atoms with Gasteiger partial charge in [-0.25, -0.2) is 0 Å². The molecule has 0 N–H and O–H groups in total. The molecule has 0 saturated heterocycles. The Labute approximate surface area is 272 Å². The first kappa shape index (κ1) is 33.7. The zero-order valence-corrected chi connectivity index (χ0v) is 26.4. The van der Waals surface area contributed by atoms with Crippen LogP contribution in [0.1, 0.15) is 22.3 Å². The highest BCUT2D eigenvalue weighted by Gasteiger charge is 2.55. The van der Waals surface area contributed by atoms with E-state index in [-0.39, 0.29) is 13.4 Å². The molecule has 0 radical (unpaired) electrons. The third-order valence-electron chi connectivity index (χ3n) is 7.87. The molecule has 1 aliphatic rings. The van der Waals surface area contributed by atoms with Gasteiger partial charge in [-0.3, -0.25) is 0 Å². The molecule has 7 heteroatoms. The summed E-state index contributed by atoms with van der Waals surface area (Å²) < 4.78 is 45.3. The molecule has 0 aliphatic heterocycles. The highest BCUT2D eigenvalue weighted by Crippen LogP contribution is 2.36. The van der Waals surface area contributed by atoms with E-state index in [1.165, 1.54) is 0 Å². The van der Waals surface area contributed by atoms with E-state index < -0.39 is 36.6 Å². The molecule has 6 atom stereocenters. The van der Waals surface area contributed by atoms with Crippen LogP contribution in [0.3, 0.4) is 0 Å². The molecular weight excluding hydrogens is 580 g/mol. The SMILES string of the molecule is C=CCOC1C(OCOC)C(OCc2ccccc2)C(OCc2ccccc2)C(OCc2ccccc2)C1OCc1ccccc1. The van der Waals surface area contributed by atoms with Crippen LogP contribution >= 0.6 is 0 Å². The molecule has 6 unspecified atom stereocenters. The van der Waals surface area contributed by atoms with Crippen molar-refractivity contribution in [3.05, 3.63) is 156 Å². The number of hydrogen-bond donors (Lipinski definition) is 0. The monoisotopic (exact) mass is 624 g/mol. The van der Waals surface area contributed by atoms with Gasteiger partial charge >= 0.3 is 0 Å². The average Bonchev–Trinajstić information content (AvgIpc) is 3.12. The summed E-state index contributed by atoms with van der Waals surface area (Å²) >= 11 is 0. The number of hydrogen-bond acceptors (Lipinski definition) is 7. The third kappa shape index (κ3) is 9.67. The summed E-state index contributed by atoms with van der Waals surface area (Å²) in [7, 11) is 1.60. The fourth-order valence-corrected chi connectivity index (χ4v) is 5.65. The summed E-state index contributed by atoms with van der Waals surface area (Å²) in [6.45, 7) is 5.62. The van der Waals surface area contributed by atoms with Crippen LogP contribution in [0.15, 0.2) is 134 Å². The standard InChI is InChI=1S/C39H44O7/c1-3-24-41-34-35(42-25-30-16-8-4-9-17-30)36(43-26-31-18-10-5-11-19-31)37(44-27-32-20-12-6-13-21-32)38(39(34)46-29-40-2)45-28-33-22-14-7-15-23-33/h3-23,34-39H,1,24-29H2,2H3. The molecule has 0 spiro atoms. The zero-order valence-electron chi connectivity index (χ0n) is 26.4. The van der Waals surface area contributed by atoms with Crippen LogP contribution in [0.4, 0.5) is 0 Å². The van der Waals surface area contributed by atoms with Gasteiger partial charge in [0.2, 0.25) is 0 Å². The highest BCUT2D eigenvalue weighted by atomic mass is 16.7. The second kappa shape index (κ2) is 18.5. The smallest absolute Gasteiger partial charge is 0.146 e. The Bertz CT molecular complexity index is 1390. The number of methoxy groups -OCH3 is 1. The molecule has 7 nitrogen and oxygen atoms in total. The number of ether oxygens (including phenoxy) is 7. The first-order valence-corrected chi connectivity index (χ1v) is 15.7. The molecule has 0 bridgehead atoms. The van der Waals surface area contributed by atoms with Crippen LogP contribution in [-0.2, 0) is 59.6 Å². The van der Waals surface area contributed by atoms with Crippen LogP contribution < -0.4 is 0 Å². The van der Waals surface area contributed by atoms with Gasteiger partial charge in [-0.05, 0) is 22.3 Å². The van der Waals surface area contributed by atoms with Gasteiger partial charge in [0.1, 0.15) is 43.4 Å². The Morgan fingerprint density at radius 2 is 0.717 bits per heavy atom. The van der Waals surface area contributed by atoms with Crippen molar-refractivity contribution in [2.45, 2.75) is 63.1 Å². The van der Waals surface area contributed by atoms with Crippen molar-refractivity contribution in [1.29, 1.82) is 0 Å². The van der Waals surface area contributed by atoms with E-state index in [2.05, 4.69) is 6.58 Å². The molecule has 242 valence electrons. The average molecular weight is 625 g/mol. The lowest BCUT2D eigenvalue weighted by atomic mass is 9.83. The van der Waals surface area contributed by atoms with E-state index in [0.717, 1.165) is 22.3 Å². The zero-order chi connectivity index (χ0) is 31.8. The van der Waals surface area contributed by atoms with Crippen LogP contribution in [0, 0.1) is 0 Å². The Morgan fingerprint density at radius 3 is 1.00 bits per heavy atom. The van der Waals surface area contributed by atoms with Crippen molar-refractivity contribution in [2.24, 2.45) is 0 Å². The fraction of sp³-hybridized carbons (Fsp3) is 0.333. The van der Waals surface area contributed by atoms with Crippen molar-refractivity contribution in [3.63, 3.8) is 0 Å². The minimum absolute atomic E-state index is 0.0379. The molecular formula is C39H44O7. The van der Waals surface area contributed by atoms with Gasteiger partial charge in [0.25, 0.3) is 0 Å². The summed E-state index contributed by atoms with van der Waals surface area (Å²) in [6, 6.07) is 40.3. The quantitative estimate of drug-likeness (QED) is 0.0882. The van der Waals surface area contributed by atoms with Crippen molar-refractivity contribution >= 4 is 0 Å². The van der Waals surface area contributed by atoms with Crippen LogP contribution in [-0.4, -0.2) is 57.1 Å². The van der Waals surface area contributed by atoms with Gasteiger partial charge < -0.3 is 33.2 Å². The second-order valence-electron chi connectivity index (χ2n) is 11.2. The molecule has 4 aromatic carbocycles. The largest absolute Gasteiger partial charge is 0.369 e. The third-order valence-corrected chi connectivity index (χ3v) is 7.87. The maximum absolute atomic E-state index is 6.79. The van der Waals surface area contributed by atoms with Gasteiger partial charge in [-0.15, -0.1) is 6.58 Å². The lowest BCUT2D eigenvalue weighted by molar-refractivity contribution is -0.295. The Hall–Kier alpha value is -3.66. The Kier molecular flexibility index (Phi) is 13.5. The van der Waals surface area contributed by atoms with Crippen LogP contribution in [0.2, 0.25) is 0 Å². The molecule has 46 heavy (non-hydrogen) atoms. The summed E-state index contributed by atoms with van der Waals surface area (Å²) in [5.74, 6) is 0. The van der Waals surface area contributed by atoms with E-state index >= 15 is 0 Å². The number of rotatable bonds is 18. The first-order chi connectivity index (χ1) is 22.8. The van der Waals surface area contributed by atoms with E-state index in [1.54, 1.807) is 13.2 Å². The van der Waals surface area contributed by atoms with Gasteiger partial charge in [-0.1, -0.05) is 127 Å². The van der Waals surface area contributed by atoms with Gasteiger partial charge in [0, 0.05) is 7.11 Å². The molecule has 1 aliphatic carbocycles. The summed E-state index contributed by atoms with van der Waals surface area (Å²) in [5.41, 5.74) is 4.13. The van der Waals surface area contributed by atoms with Crippen molar-refractivity contribution < 1.29 is 33.2 Å². The predicted molar refractivity (Wildman–Crippen MR) is 177 cm³/mol. The maximum atomic E-state index is 6.79. The molecule has 1 saturated carbocycles. The Balaban J connectivity index is 1.53. The molecule has 0 amide bonds. The Morgan fingerprint density at radius 1 is 0.435 bits per heavy atom. The normalized spacial score (nSPS) is 22.8. The summed E-state index contributed by atoms with van der Waals surface area (Å²) in [4.78, 5) is 0. The molecule has 1 fully saturated rings. The van der Waals surface area contributed by atoms with E-state index in [9.17, 15) is 0 Å². The second-order valence-corrected chi connectivity index (χ2v) is 11.2. The number of benzene rings is 4. The summed E-state index contributed by atoms with van der Waals surface area (Å²) in [6.07, 6.45) is -1.81. The lowest BCUT2D eigenvalue weighted by Crippen LogP contribution is -2.67. The van der Waals surface area contributed by atoms with Gasteiger partial charge in [0.15, 0.2) is 0 Å². The van der Waals surface area contributed by atoms with Crippen molar-refractivity contribution in [3.8, 4) is 0 Å². The van der Waals surface area contributed by atoms with E-state index in [0.29, 0.717) is 26.4 Å². The van der Waals surface area contributed by atoms with E-state index in [4.69, 9.17) is 33.2 Å². The molecule has 5 rings (SSSR count). The van der Waals surface area contributed by atoms with Crippen LogP contribution in [0.25, 0.3) is 0 Å². The highest BCUT2D eigenvalue weighted by molar-refractivity contribution is 5.17. The lowest BCUT2D eigenvalue weighted by Gasteiger charge is -2.49. The first-order valence-electron chi connectivity index (χ1n) is 15.7. The van der Waals surface area contributed by atoms with E-state index in [1.807, 2.05) is 121 Å². The van der Waals surface area contributed by atoms with Gasteiger partial charge in [-0.2, -0.15) is 0 Å². The van der Waals surface area contributed by atoms with Gasteiger partial charge in [0.05, 0.1) is 33.0 Å². The van der Waals surface area contributed by atoms with Crippen molar-refractivity contribution in [2.75, 3.05) is 20.5 Å². The molecule has 0 heterocycles. The molecule has 0 aromatic heterocycles. The van der Waals surface area contributed by atoms with Crippen molar-refractivity contribution in [1.82, 2.24) is 0 Å². The molecule has 4 aromatic rings. The predicted octanol–water partition coefficient (Wildman–Crippen LogP) is 6.90. The summed E-state index contributed by atoms with van der Waals surface area (Å²) in [5, 5.41) is 0. The maximum Gasteiger partial charge on any atom is 0.146 e. The fourth-order valence-electron chi connectivity index (χ4n) is 5.65. The minimum atomic E-state index is -0.610. The topological polar surface area (TPSA) is 64.6 Å².